The third-order valence-corrected chi connectivity index (χ3v) is 5.12. The summed E-state index contributed by atoms with van der Waals surface area (Å²) in [5, 5.41) is 10.8. The van der Waals surface area contributed by atoms with Crippen LogP contribution in [0.5, 0.6) is 5.75 Å². The Bertz CT molecular complexity index is 1070. The molecule has 3 aromatic carbocycles. The van der Waals surface area contributed by atoms with Crippen LogP contribution in [0.4, 0.5) is 5.69 Å². The second-order valence-electron chi connectivity index (χ2n) is 6.31. The van der Waals surface area contributed by atoms with Gasteiger partial charge < -0.3 is 20.7 Å². The molecule has 0 heterocycles. The molecule has 0 saturated heterocycles. The molecule has 1 atom stereocenters. The van der Waals surface area contributed by atoms with Crippen molar-refractivity contribution < 1.29 is 9.53 Å². The number of hydrogen-bond acceptors (Lipinski definition) is 3. The number of nitrogens with one attached hydrogen (secondary N) is 3. The number of carbonyl (C=O) groups excluding carboxylic acids is 1. The maximum absolute atomic E-state index is 12.6. The predicted molar refractivity (Wildman–Crippen MR) is 128 cm³/mol. The molecule has 3 aromatic rings. The van der Waals surface area contributed by atoms with Gasteiger partial charge in [0.25, 0.3) is 5.91 Å². The first kappa shape index (κ1) is 22.4. The highest BCUT2D eigenvalue weighted by atomic mass is 35.6. The van der Waals surface area contributed by atoms with Crippen LogP contribution in [0.1, 0.15) is 10.4 Å². The third kappa shape index (κ3) is 5.67. The number of amides is 1. The van der Waals surface area contributed by atoms with Crippen molar-refractivity contribution in [3.05, 3.63) is 72.3 Å². The van der Waals surface area contributed by atoms with E-state index in [1.54, 1.807) is 24.3 Å². The van der Waals surface area contributed by atoms with Gasteiger partial charge in [0.05, 0.1) is 7.11 Å². The highest BCUT2D eigenvalue weighted by Gasteiger charge is 2.35. The average molecular weight is 483 g/mol. The fourth-order valence-corrected chi connectivity index (χ4v) is 3.36. The van der Waals surface area contributed by atoms with E-state index in [4.69, 9.17) is 51.8 Å². The van der Waals surface area contributed by atoms with Gasteiger partial charge >= 0.3 is 0 Å². The fourth-order valence-electron chi connectivity index (χ4n) is 2.80. The summed E-state index contributed by atoms with van der Waals surface area (Å²) in [6, 6.07) is 20.3. The lowest BCUT2D eigenvalue weighted by Gasteiger charge is -2.28. The predicted octanol–water partition coefficient (Wildman–Crippen LogP) is 5.26. The molecule has 0 fully saturated rings. The van der Waals surface area contributed by atoms with Crippen LogP contribution in [0.3, 0.4) is 0 Å². The lowest BCUT2D eigenvalue weighted by Crippen LogP contribution is -2.56. The molecule has 0 aromatic heterocycles. The molecule has 0 aliphatic rings. The van der Waals surface area contributed by atoms with E-state index in [9.17, 15) is 4.79 Å². The van der Waals surface area contributed by atoms with Crippen molar-refractivity contribution in [2.45, 2.75) is 9.96 Å². The zero-order valence-corrected chi connectivity index (χ0v) is 18.9. The topological polar surface area (TPSA) is 62.4 Å². The van der Waals surface area contributed by atoms with Gasteiger partial charge in [-0.15, -0.1) is 0 Å². The van der Waals surface area contributed by atoms with E-state index in [2.05, 4.69) is 16.0 Å². The first-order chi connectivity index (χ1) is 14.3. The maximum Gasteiger partial charge on any atom is 0.253 e. The average Bonchev–Trinajstić information content (AvgIpc) is 2.73. The van der Waals surface area contributed by atoms with Crippen LogP contribution in [0.2, 0.25) is 0 Å². The van der Waals surface area contributed by atoms with Gasteiger partial charge in [0.1, 0.15) is 11.9 Å². The number of carbonyl (C=O) groups is 1. The summed E-state index contributed by atoms with van der Waals surface area (Å²) >= 11 is 23.6. The molecule has 9 heteroatoms. The minimum absolute atomic E-state index is 0.189. The molecule has 0 spiro atoms. The minimum atomic E-state index is -1.86. The molecular weight excluding hydrogens is 465 g/mol. The molecule has 0 bridgehead atoms. The van der Waals surface area contributed by atoms with Crippen molar-refractivity contribution in [1.29, 1.82) is 0 Å². The van der Waals surface area contributed by atoms with Gasteiger partial charge in [0.15, 0.2) is 5.11 Å². The molecule has 0 aliphatic carbocycles. The van der Waals surface area contributed by atoms with E-state index >= 15 is 0 Å². The van der Waals surface area contributed by atoms with E-state index in [0.29, 0.717) is 11.3 Å². The number of hydrogen-bond donors (Lipinski definition) is 3. The van der Waals surface area contributed by atoms with Gasteiger partial charge in [-0.25, -0.2) is 0 Å². The normalized spacial score (nSPS) is 12.1. The van der Waals surface area contributed by atoms with Crippen LogP contribution < -0.4 is 20.7 Å². The fraction of sp³-hybridized carbons (Fsp3) is 0.143. The molecule has 156 valence electrons. The Balaban J connectivity index is 1.74. The molecule has 30 heavy (non-hydrogen) atoms. The second-order valence-corrected chi connectivity index (χ2v) is 9.08. The van der Waals surface area contributed by atoms with Crippen LogP contribution >= 0.6 is 47.0 Å². The summed E-state index contributed by atoms with van der Waals surface area (Å²) in [6.45, 7) is 0. The quantitative estimate of drug-likeness (QED) is 0.263. The van der Waals surface area contributed by atoms with E-state index in [1.807, 2.05) is 42.5 Å². The van der Waals surface area contributed by atoms with Gasteiger partial charge in [0, 0.05) is 16.6 Å². The van der Waals surface area contributed by atoms with Crippen molar-refractivity contribution in [3.63, 3.8) is 0 Å². The number of thiocarbonyl (C=S) groups is 1. The third-order valence-electron chi connectivity index (χ3n) is 4.25. The summed E-state index contributed by atoms with van der Waals surface area (Å²) in [6.07, 6.45) is -1.09. The van der Waals surface area contributed by atoms with E-state index in [1.165, 1.54) is 7.11 Å². The number of benzene rings is 3. The van der Waals surface area contributed by atoms with Crippen molar-refractivity contribution in [2.24, 2.45) is 0 Å². The number of ether oxygens (including phenoxy) is 1. The zero-order chi connectivity index (χ0) is 21.7. The molecule has 0 aliphatic heterocycles. The van der Waals surface area contributed by atoms with Crippen molar-refractivity contribution in [3.8, 4) is 5.75 Å². The summed E-state index contributed by atoms with van der Waals surface area (Å²) in [5.74, 6) is 0.0832. The van der Waals surface area contributed by atoms with Crippen LogP contribution in [0, 0.1) is 0 Å². The SMILES string of the molecule is COc1cccc(C(=O)N[C@@H](NC(=S)Nc2cccc3ccccc23)C(Cl)(Cl)Cl)c1. The zero-order valence-electron chi connectivity index (χ0n) is 15.8. The largest absolute Gasteiger partial charge is 0.497 e. The molecule has 0 radical (unpaired) electrons. The molecule has 5 nitrogen and oxygen atoms in total. The molecule has 3 N–H and O–H groups in total. The first-order valence-electron chi connectivity index (χ1n) is 8.85. The lowest BCUT2D eigenvalue weighted by atomic mass is 10.1. The molecular formula is C21H18Cl3N3O2S. The van der Waals surface area contributed by atoms with Gasteiger partial charge in [-0.1, -0.05) is 77.3 Å². The second kappa shape index (κ2) is 9.71. The Morgan fingerprint density at radius 2 is 1.70 bits per heavy atom. The smallest absolute Gasteiger partial charge is 0.253 e. The highest BCUT2D eigenvalue weighted by molar-refractivity contribution is 7.80. The molecule has 3 rings (SSSR count). The maximum atomic E-state index is 12.6. The van der Waals surface area contributed by atoms with Crippen LogP contribution in [-0.4, -0.2) is 28.1 Å². The monoisotopic (exact) mass is 481 g/mol. The molecule has 0 unspecified atom stereocenters. The molecule has 1 amide bonds. The molecule has 0 saturated carbocycles. The van der Waals surface area contributed by atoms with E-state index in [0.717, 1.165) is 16.5 Å². The van der Waals surface area contributed by atoms with Crippen molar-refractivity contribution in [2.75, 3.05) is 12.4 Å². The van der Waals surface area contributed by atoms with Crippen LogP contribution in [0.25, 0.3) is 10.8 Å². The van der Waals surface area contributed by atoms with Crippen LogP contribution in [0.15, 0.2) is 66.7 Å². The van der Waals surface area contributed by atoms with Crippen molar-refractivity contribution in [1.82, 2.24) is 10.6 Å². The Morgan fingerprint density at radius 3 is 2.43 bits per heavy atom. The number of halogens is 3. The summed E-state index contributed by atoms with van der Waals surface area (Å²) in [4.78, 5) is 12.6. The number of rotatable bonds is 5. The van der Waals surface area contributed by atoms with Crippen molar-refractivity contribution >= 4 is 74.5 Å². The Kier molecular flexibility index (Phi) is 7.26. The van der Waals surface area contributed by atoms with Gasteiger partial charge in [-0.2, -0.15) is 0 Å². The lowest BCUT2D eigenvalue weighted by molar-refractivity contribution is 0.0934. The van der Waals surface area contributed by atoms with Crippen LogP contribution in [-0.2, 0) is 0 Å². The standard InChI is InChI=1S/C21H18Cl3N3O2S/c1-29-15-9-4-8-14(12-15)18(28)26-19(21(22,23)24)27-20(30)25-17-11-5-7-13-6-2-3-10-16(13)17/h2-12,19H,1H3,(H,26,28)(H2,25,27,30)/t19-/m0/s1. The number of methoxy groups -OCH3 is 1. The Hall–Kier alpha value is -2.25. The summed E-state index contributed by atoms with van der Waals surface area (Å²) in [7, 11) is 1.51. The summed E-state index contributed by atoms with van der Waals surface area (Å²) < 4.78 is 3.28. The highest BCUT2D eigenvalue weighted by Crippen LogP contribution is 2.30. The van der Waals surface area contributed by atoms with E-state index in [-0.39, 0.29) is 5.11 Å². The number of alkyl halides is 3. The van der Waals surface area contributed by atoms with Gasteiger partial charge in [0.2, 0.25) is 3.79 Å². The van der Waals surface area contributed by atoms with Gasteiger partial charge in [-0.3, -0.25) is 4.79 Å². The number of fused-ring (bicyclic) bond motifs is 1. The number of anilines is 1. The summed E-state index contributed by atoms with van der Waals surface area (Å²) in [5.41, 5.74) is 1.14. The van der Waals surface area contributed by atoms with E-state index < -0.39 is 15.9 Å². The Labute approximate surface area is 194 Å². The Morgan fingerprint density at radius 1 is 1.00 bits per heavy atom. The van der Waals surface area contributed by atoms with Gasteiger partial charge in [-0.05, 0) is 41.9 Å². The minimum Gasteiger partial charge on any atom is -0.497 e. The first-order valence-corrected chi connectivity index (χ1v) is 10.4.